The molecule has 0 fully saturated rings. The summed E-state index contributed by atoms with van der Waals surface area (Å²) in [7, 11) is 0. The van der Waals surface area contributed by atoms with E-state index < -0.39 is 0 Å². The lowest BCUT2D eigenvalue weighted by Crippen LogP contribution is -2.30. The minimum Gasteiger partial charge on any atom is -0.471 e. The molecule has 1 heterocycles. The number of ether oxygens (including phenoxy) is 1. The number of benzene rings is 1. The van der Waals surface area contributed by atoms with Crippen molar-refractivity contribution in [1.29, 1.82) is 0 Å². The van der Waals surface area contributed by atoms with Gasteiger partial charge in [-0.15, -0.1) is 0 Å². The minimum atomic E-state index is 0.000475. The van der Waals surface area contributed by atoms with E-state index in [1.165, 1.54) is 0 Å². The normalized spacial score (nSPS) is 11.9. The van der Waals surface area contributed by atoms with Crippen molar-refractivity contribution in [3.05, 3.63) is 54.2 Å². The van der Waals surface area contributed by atoms with E-state index in [4.69, 9.17) is 10.5 Å². The van der Waals surface area contributed by atoms with Gasteiger partial charge in [0.1, 0.15) is 6.61 Å². The predicted molar refractivity (Wildman–Crippen MR) is 85.3 cm³/mol. The van der Waals surface area contributed by atoms with Gasteiger partial charge in [-0.1, -0.05) is 30.3 Å². The molecule has 3 N–H and O–H groups in total. The fraction of sp³-hybridized carbons (Fsp3) is 0.267. The van der Waals surface area contributed by atoms with E-state index in [1.54, 1.807) is 6.20 Å². The first-order valence-electron chi connectivity index (χ1n) is 6.51. The Bertz CT molecular complexity index is 522. The number of anilines is 1. The van der Waals surface area contributed by atoms with Crippen LogP contribution in [0.15, 0.2) is 48.7 Å². The van der Waals surface area contributed by atoms with Crippen LogP contribution in [0.4, 0.5) is 5.69 Å². The second-order valence-corrected chi connectivity index (χ2v) is 4.82. The number of rotatable bonds is 7. The Morgan fingerprint density at radius 3 is 2.75 bits per heavy atom. The molecule has 0 aliphatic carbocycles. The maximum absolute atomic E-state index is 5.84. The number of nitrogens with two attached hydrogens (primary N) is 1. The van der Waals surface area contributed by atoms with Gasteiger partial charge in [0.25, 0.3) is 0 Å². The largest absolute Gasteiger partial charge is 0.471 e. The van der Waals surface area contributed by atoms with Gasteiger partial charge in [0.05, 0.1) is 5.69 Å². The zero-order valence-corrected chi connectivity index (χ0v) is 12.1. The average Bonchev–Trinajstić information content (AvgIpc) is 2.52. The third-order valence-electron chi connectivity index (χ3n) is 2.78. The van der Waals surface area contributed by atoms with Gasteiger partial charge in [-0.2, -0.15) is 12.6 Å². The van der Waals surface area contributed by atoms with Crippen LogP contribution in [0.2, 0.25) is 0 Å². The molecule has 20 heavy (non-hydrogen) atoms. The molecular weight excluding hydrogens is 270 g/mol. The molecule has 0 saturated heterocycles. The summed E-state index contributed by atoms with van der Waals surface area (Å²) in [4.78, 5) is 4.25. The van der Waals surface area contributed by atoms with Crippen LogP contribution in [0.25, 0.3) is 0 Å². The Morgan fingerprint density at radius 1 is 1.20 bits per heavy atom. The molecule has 1 aromatic heterocycles. The lowest BCUT2D eigenvalue weighted by Gasteiger charge is -2.14. The molecule has 1 atom stereocenters. The van der Waals surface area contributed by atoms with Gasteiger partial charge >= 0.3 is 0 Å². The summed E-state index contributed by atoms with van der Waals surface area (Å²) in [5, 5.41) is 3.24. The lowest BCUT2D eigenvalue weighted by molar-refractivity contribution is 0.295. The van der Waals surface area contributed by atoms with E-state index in [9.17, 15) is 0 Å². The van der Waals surface area contributed by atoms with Gasteiger partial charge in [-0.3, -0.25) is 0 Å². The van der Waals surface area contributed by atoms with Crippen molar-refractivity contribution >= 4 is 18.3 Å². The van der Waals surface area contributed by atoms with Crippen molar-refractivity contribution in [2.24, 2.45) is 5.73 Å². The van der Waals surface area contributed by atoms with Gasteiger partial charge in [0.15, 0.2) is 0 Å². The SMILES string of the molecule is NC(CS)CNc1cccnc1OCc1ccccc1. The van der Waals surface area contributed by atoms with E-state index in [1.807, 2.05) is 42.5 Å². The number of hydrogen-bond donors (Lipinski definition) is 3. The first kappa shape index (κ1) is 14.7. The van der Waals surface area contributed by atoms with Gasteiger partial charge in [0.2, 0.25) is 5.88 Å². The summed E-state index contributed by atoms with van der Waals surface area (Å²) < 4.78 is 5.76. The van der Waals surface area contributed by atoms with Crippen molar-refractivity contribution in [1.82, 2.24) is 4.98 Å². The van der Waals surface area contributed by atoms with Crippen LogP contribution in [0.1, 0.15) is 5.56 Å². The lowest BCUT2D eigenvalue weighted by atomic mass is 10.2. The van der Waals surface area contributed by atoms with Crippen LogP contribution in [-0.4, -0.2) is 23.3 Å². The maximum atomic E-state index is 5.84. The highest BCUT2D eigenvalue weighted by atomic mass is 32.1. The standard InChI is InChI=1S/C15H19N3OS/c16-13(11-20)9-18-14-7-4-8-17-15(14)19-10-12-5-2-1-3-6-12/h1-8,13,18,20H,9-11,16H2. The van der Waals surface area contributed by atoms with Gasteiger partial charge in [-0.25, -0.2) is 4.98 Å². The molecule has 0 amide bonds. The van der Waals surface area contributed by atoms with E-state index in [-0.39, 0.29) is 6.04 Å². The Balaban J connectivity index is 1.97. The zero-order chi connectivity index (χ0) is 14.2. The van der Waals surface area contributed by atoms with Crippen LogP contribution in [0.3, 0.4) is 0 Å². The summed E-state index contributed by atoms with van der Waals surface area (Å²) >= 11 is 4.17. The first-order valence-corrected chi connectivity index (χ1v) is 7.15. The number of nitrogens with zero attached hydrogens (tertiary/aromatic N) is 1. The van der Waals surface area contributed by atoms with Crippen molar-refractivity contribution in [3.63, 3.8) is 0 Å². The molecular formula is C15H19N3OS. The molecule has 0 bridgehead atoms. The average molecular weight is 289 g/mol. The monoisotopic (exact) mass is 289 g/mol. The Labute approximate surface area is 124 Å². The Kier molecular flexibility index (Phi) is 5.70. The maximum Gasteiger partial charge on any atom is 0.237 e. The topological polar surface area (TPSA) is 60.2 Å². The predicted octanol–water partition coefficient (Wildman–Crippen LogP) is 2.33. The van der Waals surface area contributed by atoms with Crippen molar-refractivity contribution in [3.8, 4) is 5.88 Å². The highest BCUT2D eigenvalue weighted by Gasteiger charge is 2.06. The smallest absolute Gasteiger partial charge is 0.237 e. The molecule has 0 aliphatic heterocycles. The summed E-state index contributed by atoms with van der Waals surface area (Å²) in [6, 6.07) is 13.8. The second-order valence-electron chi connectivity index (χ2n) is 4.45. The summed E-state index contributed by atoms with van der Waals surface area (Å²) in [6.07, 6.45) is 1.71. The van der Waals surface area contributed by atoms with Crippen molar-refractivity contribution < 1.29 is 4.74 Å². The molecule has 0 aliphatic rings. The first-order chi connectivity index (χ1) is 9.79. The molecule has 1 aromatic carbocycles. The minimum absolute atomic E-state index is 0.000475. The molecule has 0 saturated carbocycles. The molecule has 1 unspecified atom stereocenters. The number of nitrogens with one attached hydrogen (secondary N) is 1. The van der Waals surface area contributed by atoms with E-state index in [0.717, 1.165) is 11.3 Å². The second kappa shape index (κ2) is 7.77. The van der Waals surface area contributed by atoms with E-state index >= 15 is 0 Å². The highest BCUT2D eigenvalue weighted by molar-refractivity contribution is 7.80. The van der Waals surface area contributed by atoms with Crippen molar-refractivity contribution in [2.75, 3.05) is 17.6 Å². The molecule has 5 heteroatoms. The fourth-order valence-corrected chi connectivity index (χ4v) is 1.80. The van der Waals surface area contributed by atoms with Crippen LogP contribution in [-0.2, 0) is 6.61 Å². The molecule has 2 aromatic rings. The molecule has 106 valence electrons. The quantitative estimate of drug-likeness (QED) is 0.685. The fourth-order valence-electron chi connectivity index (χ4n) is 1.67. The molecule has 4 nitrogen and oxygen atoms in total. The van der Waals surface area contributed by atoms with Crippen LogP contribution >= 0.6 is 12.6 Å². The van der Waals surface area contributed by atoms with E-state index in [0.29, 0.717) is 24.8 Å². The van der Waals surface area contributed by atoms with Gasteiger partial charge < -0.3 is 15.8 Å². The molecule has 0 spiro atoms. The highest BCUT2D eigenvalue weighted by Crippen LogP contribution is 2.21. The van der Waals surface area contributed by atoms with Gasteiger partial charge in [-0.05, 0) is 17.7 Å². The van der Waals surface area contributed by atoms with Crippen LogP contribution in [0, 0.1) is 0 Å². The van der Waals surface area contributed by atoms with Crippen molar-refractivity contribution in [2.45, 2.75) is 12.6 Å². The third-order valence-corrected chi connectivity index (χ3v) is 3.25. The number of pyridine rings is 1. The van der Waals surface area contributed by atoms with E-state index in [2.05, 4.69) is 22.9 Å². The zero-order valence-electron chi connectivity index (χ0n) is 11.2. The van der Waals surface area contributed by atoms with Gasteiger partial charge in [0, 0.05) is 24.5 Å². The number of aromatic nitrogens is 1. The molecule has 2 rings (SSSR count). The third kappa shape index (κ3) is 4.43. The summed E-state index contributed by atoms with van der Waals surface area (Å²) in [5.41, 5.74) is 7.79. The number of hydrogen-bond acceptors (Lipinski definition) is 5. The number of thiol groups is 1. The van der Waals surface area contributed by atoms with Crippen LogP contribution < -0.4 is 15.8 Å². The summed E-state index contributed by atoms with van der Waals surface area (Å²) in [6.45, 7) is 1.13. The molecule has 0 radical (unpaired) electrons. The Morgan fingerprint density at radius 2 is 2.00 bits per heavy atom. The Hall–Kier alpha value is -1.72. The summed E-state index contributed by atoms with van der Waals surface area (Å²) in [5.74, 6) is 1.22. The van der Waals surface area contributed by atoms with Crippen LogP contribution in [0.5, 0.6) is 5.88 Å².